The molecular weight excluding hydrogens is 368 g/mol. The number of amides is 2. The molecule has 2 amide bonds. The topological polar surface area (TPSA) is 87.1 Å². The van der Waals surface area contributed by atoms with Gasteiger partial charge in [0.25, 0.3) is 0 Å². The van der Waals surface area contributed by atoms with Crippen LogP contribution in [-0.4, -0.2) is 60.8 Å². The number of carbonyl (C=O) groups is 2. The molecule has 0 bridgehead atoms. The van der Waals surface area contributed by atoms with E-state index in [0.717, 1.165) is 23.6 Å². The van der Waals surface area contributed by atoms with Crippen molar-refractivity contribution in [3.63, 3.8) is 0 Å². The fraction of sp³-hybridized carbons (Fsp3) is 0.619. The molecule has 2 aliphatic rings. The third-order valence-electron chi connectivity index (χ3n) is 6.53. The van der Waals surface area contributed by atoms with Crippen LogP contribution in [0.3, 0.4) is 0 Å². The van der Waals surface area contributed by atoms with E-state index < -0.39 is 5.54 Å². The van der Waals surface area contributed by atoms with Gasteiger partial charge < -0.3 is 19.4 Å². The van der Waals surface area contributed by atoms with Gasteiger partial charge >= 0.3 is 0 Å². The van der Waals surface area contributed by atoms with Crippen molar-refractivity contribution in [2.75, 3.05) is 19.6 Å². The normalized spacial score (nSPS) is 19.5. The highest BCUT2D eigenvalue weighted by molar-refractivity contribution is 5.80. The number of piperidine rings is 1. The minimum atomic E-state index is -0.405. The molecule has 1 saturated heterocycles. The van der Waals surface area contributed by atoms with E-state index >= 15 is 0 Å². The first kappa shape index (κ1) is 19.7. The Kier molecular flexibility index (Phi) is 4.96. The molecule has 0 aliphatic carbocycles. The van der Waals surface area contributed by atoms with Crippen LogP contribution in [0.5, 0.6) is 0 Å². The second kappa shape index (κ2) is 7.31. The van der Waals surface area contributed by atoms with Gasteiger partial charge in [0.05, 0.1) is 17.6 Å². The molecule has 8 heteroatoms. The van der Waals surface area contributed by atoms with Crippen LogP contribution in [0, 0.1) is 0 Å². The summed E-state index contributed by atoms with van der Waals surface area (Å²) in [5.74, 6) is 1.36. The van der Waals surface area contributed by atoms with E-state index in [2.05, 4.69) is 28.8 Å². The average Bonchev–Trinajstić information content (AvgIpc) is 3.37. The Morgan fingerprint density at radius 3 is 2.52 bits per heavy atom. The first-order chi connectivity index (χ1) is 13.8. The maximum Gasteiger partial charge on any atom is 0.245 e. The van der Waals surface area contributed by atoms with Crippen molar-refractivity contribution in [3.05, 3.63) is 35.9 Å². The lowest BCUT2D eigenvalue weighted by Crippen LogP contribution is -2.58. The molecule has 8 nitrogen and oxygen atoms in total. The highest BCUT2D eigenvalue weighted by atomic mass is 16.2. The number of nitrogens with zero attached hydrogens (tertiary/aromatic N) is 5. The Hall–Kier alpha value is -2.64. The van der Waals surface area contributed by atoms with Crippen LogP contribution in [0.25, 0.3) is 0 Å². The third-order valence-corrected chi connectivity index (χ3v) is 6.53. The van der Waals surface area contributed by atoms with Crippen LogP contribution in [0.4, 0.5) is 0 Å². The quantitative estimate of drug-likeness (QED) is 0.859. The number of nitrogens with one attached hydrogen (secondary N) is 1. The lowest BCUT2D eigenvalue weighted by molar-refractivity contribution is -0.143. The van der Waals surface area contributed by atoms with E-state index in [-0.39, 0.29) is 23.8 Å². The van der Waals surface area contributed by atoms with Crippen molar-refractivity contribution < 1.29 is 9.59 Å². The Morgan fingerprint density at radius 2 is 1.86 bits per heavy atom. The van der Waals surface area contributed by atoms with E-state index in [1.165, 1.54) is 0 Å². The number of aromatic nitrogens is 4. The van der Waals surface area contributed by atoms with Gasteiger partial charge in [-0.25, -0.2) is 9.97 Å². The zero-order valence-electron chi connectivity index (χ0n) is 17.7. The molecule has 0 radical (unpaired) electrons. The van der Waals surface area contributed by atoms with Gasteiger partial charge in [0.1, 0.15) is 11.9 Å². The molecule has 1 unspecified atom stereocenters. The predicted molar refractivity (Wildman–Crippen MR) is 108 cm³/mol. The second-order valence-electron chi connectivity index (χ2n) is 8.53. The number of hydrogen-bond donors (Lipinski definition) is 1. The highest BCUT2D eigenvalue weighted by Gasteiger charge is 2.48. The van der Waals surface area contributed by atoms with Crippen molar-refractivity contribution in [2.24, 2.45) is 0 Å². The number of H-pyrrole nitrogens is 1. The van der Waals surface area contributed by atoms with Crippen molar-refractivity contribution in [3.8, 4) is 0 Å². The first-order valence-corrected chi connectivity index (χ1v) is 10.5. The molecule has 156 valence electrons. The van der Waals surface area contributed by atoms with Gasteiger partial charge in [0, 0.05) is 57.0 Å². The van der Waals surface area contributed by atoms with Gasteiger partial charge in [0.2, 0.25) is 11.8 Å². The Labute approximate surface area is 171 Å². The summed E-state index contributed by atoms with van der Waals surface area (Å²) in [5.41, 5.74) is 1.70. The molecule has 29 heavy (non-hydrogen) atoms. The molecule has 2 aromatic rings. The number of carbonyl (C=O) groups excluding carboxylic acids is 2. The number of aromatic amines is 1. The predicted octanol–water partition coefficient (Wildman–Crippen LogP) is 2.21. The second-order valence-corrected chi connectivity index (χ2v) is 8.53. The summed E-state index contributed by atoms with van der Waals surface area (Å²) in [6.45, 7) is 9.67. The lowest BCUT2D eigenvalue weighted by atomic mass is 9.78. The molecule has 4 heterocycles. The van der Waals surface area contributed by atoms with Gasteiger partial charge in [-0.15, -0.1) is 0 Å². The zero-order valence-corrected chi connectivity index (χ0v) is 17.7. The Morgan fingerprint density at radius 1 is 1.14 bits per heavy atom. The Bertz CT molecular complexity index is 906. The van der Waals surface area contributed by atoms with E-state index in [0.29, 0.717) is 32.5 Å². The highest BCUT2D eigenvalue weighted by Crippen LogP contribution is 2.42. The standard InChI is InChI=1S/C21H30N6O2/c1-14(2)19-22-8-12-26(19)15(3)20(29)25-10-6-21(7-11-25)18-17(23-13-24-18)5-9-27(21)16(4)28/h8,12-15H,5-7,9-11H2,1-4H3,(H,23,24). The fourth-order valence-corrected chi connectivity index (χ4v) is 5.02. The van der Waals surface area contributed by atoms with Gasteiger partial charge in [-0.1, -0.05) is 13.8 Å². The van der Waals surface area contributed by atoms with Crippen molar-refractivity contribution in [2.45, 2.75) is 64.5 Å². The maximum atomic E-state index is 13.2. The zero-order chi connectivity index (χ0) is 20.8. The van der Waals surface area contributed by atoms with Crippen molar-refractivity contribution in [1.82, 2.24) is 29.3 Å². The summed E-state index contributed by atoms with van der Waals surface area (Å²) < 4.78 is 1.98. The molecule has 1 N–H and O–H groups in total. The molecule has 0 saturated carbocycles. The summed E-state index contributed by atoms with van der Waals surface area (Å²) in [6.07, 6.45) is 7.60. The molecule has 1 spiro atoms. The largest absolute Gasteiger partial charge is 0.348 e. The van der Waals surface area contributed by atoms with E-state index in [9.17, 15) is 9.59 Å². The third kappa shape index (κ3) is 3.14. The van der Waals surface area contributed by atoms with Crippen molar-refractivity contribution >= 4 is 11.8 Å². The SMILES string of the molecule is CC(=O)N1CCc2[nH]cnc2C12CCN(C(=O)C(C)n1ccnc1C(C)C)CC2. The van der Waals surface area contributed by atoms with Crippen LogP contribution in [0.15, 0.2) is 18.7 Å². The molecule has 1 fully saturated rings. The van der Waals surface area contributed by atoms with Gasteiger partial charge in [-0.2, -0.15) is 0 Å². The van der Waals surface area contributed by atoms with E-state index in [4.69, 9.17) is 0 Å². The van der Waals surface area contributed by atoms with E-state index in [1.54, 1.807) is 19.4 Å². The van der Waals surface area contributed by atoms with Crippen molar-refractivity contribution in [1.29, 1.82) is 0 Å². The fourth-order valence-electron chi connectivity index (χ4n) is 5.02. The summed E-state index contributed by atoms with van der Waals surface area (Å²) in [7, 11) is 0. The first-order valence-electron chi connectivity index (χ1n) is 10.5. The minimum absolute atomic E-state index is 0.0757. The average molecular weight is 399 g/mol. The molecule has 2 aliphatic heterocycles. The van der Waals surface area contributed by atoms with Crippen LogP contribution in [0.1, 0.15) is 69.7 Å². The maximum absolute atomic E-state index is 13.2. The smallest absolute Gasteiger partial charge is 0.245 e. The van der Waals surface area contributed by atoms with Gasteiger partial charge in [-0.05, 0) is 19.8 Å². The molecular formula is C21H30N6O2. The number of rotatable bonds is 3. The van der Waals surface area contributed by atoms with Gasteiger partial charge in [-0.3, -0.25) is 9.59 Å². The molecule has 4 rings (SSSR count). The number of fused-ring (bicyclic) bond motifs is 2. The summed E-state index contributed by atoms with van der Waals surface area (Å²) in [6, 6.07) is -0.292. The minimum Gasteiger partial charge on any atom is -0.348 e. The molecule has 2 aromatic heterocycles. The van der Waals surface area contributed by atoms with Gasteiger partial charge in [0.15, 0.2) is 0 Å². The summed E-state index contributed by atoms with van der Waals surface area (Å²) >= 11 is 0. The number of hydrogen-bond acceptors (Lipinski definition) is 4. The number of imidazole rings is 2. The number of likely N-dealkylation sites (tertiary alicyclic amines) is 1. The molecule has 0 aromatic carbocycles. The summed E-state index contributed by atoms with van der Waals surface area (Å²) in [4.78, 5) is 41.7. The Balaban J connectivity index is 1.54. The van der Waals surface area contributed by atoms with Crippen LogP contribution >= 0.6 is 0 Å². The van der Waals surface area contributed by atoms with Crippen LogP contribution in [-0.2, 0) is 21.5 Å². The van der Waals surface area contributed by atoms with Crippen LogP contribution in [0.2, 0.25) is 0 Å². The summed E-state index contributed by atoms with van der Waals surface area (Å²) in [5, 5.41) is 0. The van der Waals surface area contributed by atoms with E-state index in [1.807, 2.05) is 27.5 Å². The monoisotopic (exact) mass is 398 g/mol. The lowest BCUT2D eigenvalue weighted by Gasteiger charge is -2.50. The molecule has 1 atom stereocenters. The van der Waals surface area contributed by atoms with Crippen LogP contribution < -0.4 is 0 Å².